The van der Waals surface area contributed by atoms with Crippen molar-refractivity contribution in [1.29, 1.82) is 0 Å². The van der Waals surface area contributed by atoms with Gasteiger partial charge in [-0.1, -0.05) is 6.07 Å². The van der Waals surface area contributed by atoms with Gasteiger partial charge in [-0.2, -0.15) is 27.0 Å². The van der Waals surface area contributed by atoms with E-state index in [1.807, 2.05) is 18.2 Å². The zero-order valence-electron chi connectivity index (χ0n) is 17.2. The van der Waals surface area contributed by atoms with Crippen molar-refractivity contribution in [2.75, 3.05) is 5.32 Å². The summed E-state index contributed by atoms with van der Waals surface area (Å²) in [4.78, 5) is 24.8. The summed E-state index contributed by atoms with van der Waals surface area (Å²) in [6, 6.07) is 14.2. The van der Waals surface area contributed by atoms with Crippen LogP contribution in [0.1, 0.15) is 52.6 Å². The number of rotatable bonds is 5. The zero-order chi connectivity index (χ0) is 20.4. The minimum absolute atomic E-state index is 0. The average Bonchev–Trinajstić information content (AvgIpc) is 3.16. The highest BCUT2D eigenvalue weighted by Crippen LogP contribution is 2.33. The van der Waals surface area contributed by atoms with Crippen molar-refractivity contribution >= 4 is 65.8 Å². The van der Waals surface area contributed by atoms with Crippen LogP contribution in [0.2, 0.25) is 0 Å². The van der Waals surface area contributed by atoms with Gasteiger partial charge in [0.1, 0.15) is 5.82 Å². The van der Waals surface area contributed by atoms with Gasteiger partial charge >= 0.3 is 0 Å². The van der Waals surface area contributed by atoms with Crippen LogP contribution in [-0.4, -0.2) is 23.8 Å². The van der Waals surface area contributed by atoms with E-state index < -0.39 is 0 Å². The van der Waals surface area contributed by atoms with E-state index in [0.717, 1.165) is 46.3 Å². The molecule has 1 aliphatic rings. The molecule has 4 rings (SSSR count). The lowest BCUT2D eigenvalue weighted by molar-refractivity contribution is 0.0926. The Morgan fingerprint density at radius 3 is 2.26 bits per heavy atom. The summed E-state index contributed by atoms with van der Waals surface area (Å²) in [5.41, 5.74) is 1.54. The Hall–Kier alpha value is -2.03. The number of halogens is 1. The maximum Gasteiger partial charge on any atom is 0.251 e. The third-order valence-electron chi connectivity index (χ3n) is 5.44. The van der Waals surface area contributed by atoms with Crippen molar-refractivity contribution in [3.8, 4) is 0 Å². The monoisotopic (exact) mass is 478 g/mol. The molecule has 0 unspecified atom stereocenters. The second kappa shape index (κ2) is 11.0. The molecule has 3 aromatic rings. The summed E-state index contributed by atoms with van der Waals surface area (Å²) in [5.74, 6) is -0.403. The number of hydrogen-bond acceptors (Lipinski definition) is 4. The van der Waals surface area contributed by atoms with E-state index in [1.54, 1.807) is 6.92 Å². The third-order valence-corrected chi connectivity index (χ3v) is 6.64. The molecule has 0 spiro atoms. The standard InChI is InChI=1S/C23H23FN2O2S.2H2S/c1-14(27)22-13-19-20(3-2-4-21(19)29-22)25-17-9-11-18(12-10-17)26-23(28)15-5-7-16(24)8-6-15;;/h2-8,13,17-18,25H,9-12H2,1H3,(H,26,28);2*1H2. The van der Waals surface area contributed by atoms with Crippen molar-refractivity contribution in [3.05, 3.63) is 64.8 Å². The van der Waals surface area contributed by atoms with Crippen LogP contribution < -0.4 is 10.6 Å². The predicted molar refractivity (Wildman–Crippen MR) is 136 cm³/mol. The summed E-state index contributed by atoms with van der Waals surface area (Å²) in [7, 11) is 0. The fourth-order valence-electron chi connectivity index (χ4n) is 3.83. The Kier molecular flexibility index (Phi) is 8.97. The number of fused-ring (bicyclic) bond motifs is 1. The fourth-order valence-corrected chi connectivity index (χ4v) is 4.82. The van der Waals surface area contributed by atoms with Gasteiger partial charge in [-0.05, 0) is 75.1 Å². The Labute approximate surface area is 199 Å². The van der Waals surface area contributed by atoms with Crippen LogP contribution >= 0.6 is 38.3 Å². The fraction of sp³-hybridized carbons (Fsp3) is 0.304. The molecule has 4 nitrogen and oxygen atoms in total. The third kappa shape index (κ3) is 6.02. The molecule has 1 heterocycles. The van der Waals surface area contributed by atoms with Gasteiger partial charge in [0.2, 0.25) is 0 Å². The van der Waals surface area contributed by atoms with Gasteiger partial charge in [-0.15, -0.1) is 11.3 Å². The summed E-state index contributed by atoms with van der Waals surface area (Å²) in [5, 5.41) is 7.78. The number of amides is 1. The Balaban J connectivity index is 0.00000171. The van der Waals surface area contributed by atoms with Crippen LogP contribution in [0.5, 0.6) is 0 Å². The normalized spacial score (nSPS) is 17.9. The second-order valence-corrected chi connectivity index (χ2v) is 8.64. The predicted octanol–water partition coefficient (Wildman–Crippen LogP) is 5.62. The first kappa shape index (κ1) is 25.2. The van der Waals surface area contributed by atoms with Gasteiger partial charge < -0.3 is 10.6 Å². The van der Waals surface area contributed by atoms with E-state index >= 15 is 0 Å². The molecule has 1 amide bonds. The molecule has 1 saturated carbocycles. The van der Waals surface area contributed by atoms with E-state index in [-0.39, 0.29) is 50.5 Å². The molecule has 0 atom stereocenters. The SMILES string of the molecule is CC(=O)c1cc2c(NC3CCC(NC(=O)c4ccc(F)cc4)CC3)cccc2s1.S.S. The molecule has 2 aromatic carbocycles. The number of nitrogens with one attached hydrogen (secondary N) is 2. The molecule has 2 N–H and O–H groups in total. The van der Waals surface area contributed by atoms with Crippen LogP contribution in [0.25, 0.3) is 10.1 Å². The van der Waals surface area contributed by atoms with Gasteiger partial charge in [0.25, 0.3) is 5.91 Å². The van der Waals surface area contributed by atoms with E-state index in [4.69, 9.17) is 0 Å². The molecule has 0 saturated heterocycles. The largest absolute Gasteiger partial charge is 0.382 e. The maximum atomic E-state index is 13.0. The van der Waals surface area contributed by atoms with Crippen molar-refractivity contribution in [2.24, 2.45) is 0 Å². The van der Waals surface area contributed by atoms with Gasteiger partial charge in [0.05, 0.1) is 4.88 Å². The lowest BCUT2D eigenvalue weighted by atomic mass is 9.90. The number of carbonyl (C=O) groups is 2. The van der Waals surface area contributed by atoms with Crippen molar-refractivity contribution < 1.29 is 14.0 Å². The number of thiophene rings is 1. The summed E-state index contributed by atoms with van der Waals surface area (Å²) in [6.07, 6.45) is 3.69. The van der Waals surface area contributed by atoms with Gasteiger partial charge in [-0.3, -0.25) is 9.59 Å². The number of carbonyl (C=O) groups excluding carboxylic acids is 2. The molecular weight excluding hydrogens is 451 g/mol. The van der Waals surface area contributed by atoms with E-state index in [9.17, 15) is 14.0 Å². The number of Topliss-reactive ketones (excluding diaryl/α,β-unsaturated/α-hetero) is 1. The van der Waals surface area contributed by atoms with Gasteiger partial charge in [0, 0.05) is 33.4 Å². The van der Waals surface area contributed by atoms with E-state index in [1.165, 1.54) is 35.6 Å². The maximum absolute atomic E-state index is 13.0. The number of anilines is 1. The van der Waals surface area contributed by atoms with E-state index in [2.05, 4.69) is 16.7 Å². The number of hydrogen-bond donors (Lipinski definition) is 2. The summed E-state index contributed by atoms with van der Waals surface area (Å²) >= 11 is 1.53. The molecule has 31 heavy (non-hydrogen) atoms. The molecule has 0 radical (unpaired) electrons. The first-order valence-electron chi connectivity index (χ1n) is 9.86. The van der Waals surface area contributed by atoms with Crippen LogP contribution in [0, 0.1) is 5.82 Å². The van der Waals surface area contributed by atoms with Crippen LogP contribution in [0.15, 0.2) is 48.5 Å². The average molecular weight is 479 g/mol. The Morgan fingerprint density at radius 1 is 0.968 bits per heavy atom. The minimum atomic E-state index is -0.343. The zero-order valence-corrected chi connectivity index (χ0v) is 20.0. The highest BCUT2D eigenvalue weighted by atomic mass is 32.1. The van der Waals surface area contributed by atoms with Crippen LogP contribution in [0.4, 0.5) is 10.1 Å². The highest BCUT2D eigenvalue weighted by Gasteiger charge is 2.23. The molecule has 1 aromatic heterocycles. The van der Waals surface area contributed by atoms with Crippen molar-refractivity contribution in [2.45, 2.75) is 44.7 Å². The summed E-state index contributed by atoms with van der Waals surface area (Å²) < 4.78 is 14.1. The molecule has 1 fully saturated rings. The molecule has 0 bridgehead atoms. The van der Waals surface area contributed by atoms with Crippen LogP contribution in [0.3, 0.4) is 0 Å². The first-order valence-corrected chi connectivity index (χ1v) is 10.7. The lowest BCUT2D eigenvalue weighted by Crippen LogP contribution is -2.40. The van der Waals surface area contributed by atoms with Crippen LogP contribution in [-0.2, 0) is 0 Å². The molecule has 8 heteroatoms. The smallest absolute Gasteiger partial charge is 0.251 e. The topological polar surface area (TPSA) is 58.2 Å². The summed E-state index contributed by atoms with van der Waals surface area (Å²) in [6.45, 7) is 1.60. The Bertz CT molecular complexity index is 1040. The van der Waals surface area contributed by atoms with E-state index in [0.29, 0.717) is 11.6 Å². The number of benzene rings is 2. The Morgan fingerprint density at radius 2 is 1.61 bits per heavy atom. The van der Waals surface area contributed by atoms with Gasteiger partial charge in [-0.25, -0.2) is 4.39 Å². The molecule has 166 valence electrons. The van der Waals surface area contributed by atoms with Gasteiger partial charge in [0.15, 0.2) is 5.78 Å². The minimum Gasteiger partial charge on any atom is -0.382 e. The van der Waals surface area contributed by atoms with Crippen molar-refractivity contribution in [1.82, 2.24) is 5.32 Å². The first-order chi connectivity index (χ1) is 14.0. The second-order valence-electron chi connectivity index (χ2n) is 7.56. The molecule has 1 aliphatic carbocycles. The molecule has 0 aliphatic heterocycles. The van der Waals surface area contributed by atoms with Crippen molar-refractivity contribution in [3.63, 3.8) is 0 Å². The number of ketones is 1. The quantitative estimate of drug-likeness (QED) is 0.468. The highest BCUT2D eigenvalue weighted by molar-refractivity contribution is 7.59. The lowest BCUT2D eigenvalue weighted by Gasteiger charge is -2.30. The molecular formula is C23H27FN2O2S3.